The molecule has 106 valence electrons. The molecule has 0 unspecified atom stereocenters. The van der Waals surface area contributed by atoms with E-state index in [1.165, 1.54) is 0 Å². The molecule has 0 saturated carbocycles. The Morgan fingerprint density at radius 3 is 1.30 bits per heavy atom. The van der Waals surface area contributed by atoms with E-state index in [4.69, 9.17) is 10.2 Å². The Kier molecular flexibility index (Phi) is 4.53. The molecule has 0 bridgehead atoms. The van der Waals surface area contributed by atoms with Gasteiger partial charge in [-0.2, -0.15) is 0 Å². The number of hydrogen-bond donors (Lipinski definition) is 4. The lowest BCUT2D eigenvalue weighted by Gasteiger charge is -2.15. The van der Waals surface area contributed by atoms with E-state index in [-0.39, 0.29) is 46.6 Å². The van der Waals surface area contributed by atoms with Crippen LogP contribution >= 0.6 is 0 Å². The number of carboxylic acids is 2. The lowest BCUT2D eigenvalue weighted by Crippen LogP contribution is -2.13. The van der Waals surface area contributed by atoms with Crippen LogP contribution in [0.3, 0.4) is 0 Å². The van der Waals surface area contributed by atoms with Crippen molar-refractivity contribution in [2.45, 2.75) is 12.8 Å². The van der Waals surface area contributed by atoms with Crippen LogP contribution in [-0.2, 0) is 12.8 Å². The van der Waals surface area contributed by atoms with Crippen LogP contribution in [0.5, 0.6) is 0 Å². The average molecular weight is 278 g/mol. The minimum absolute atomic E-state index is 0.0973. The van der Waals surface area contributed by atoms with Crippen molar-refractivity contribution in [3.63, 3.8) is 0 Å². The second-order valence-electron chi connectivity index (χ2n) is 4.21. The van der Waals surface area contributed by atoms with Gasteiger partial charge in [-0.3, -0.25) is 0 Å². The van der Waals surface area contributed by atoms with E-state index < -0.39 is 11.9 Å². The molecule has 20 heavy (non-hydrogen) atoms. The summed E-state index contributed by atoms with van der Waals surface area (Å²) in [6, 6.07) is 2.29. The maximum atomic E-state index is 11.2. The summed E-state index contributed by atoms with van der Waals surface area (Å²) in [5.74, 6) is -3.13. The lowest BCUT2D eigenvalue weighted by molar-refractivity contribution is 0.0679. The molecule has 1 rings (SSSR count). The van der Waals surface area contributed by atoms with Gasteiger partial charge in [-0.1, -0.05) is 13.2 Å². The Hall–Kier alpha value is -2.76. The van der Waals surface area contributed by atoms with Gasteiger partial charge in [-0.25, -0.2) is 9.59 Å². The molecule has 0 heterocycles. The molecular formula is C14H14O6. The third-order valence-electron chi connectivity index (χ3n) is 2.65. The number of allylic oxidation sites excluding steroid dienone is 2. The number of carboxylic acid groups (broad SMARTS) is 2. The van der Waals surface area contributed by atoms with Gasteiger partial charge in [0.15, 0.2) is 0 Å². The highest BCUT2D eigenvalue weighted by atomic mass is 16.4. The molecule has 6 nitrogen and oxygen atoms in total. The molecule has 0 amide bonds. The zero-order chi connectivity index (χ0) is 15.4. The van der Waals surface area contributed by atoms with Gasteiger partial charge in [-0.05, 0) is 23.3 Å². The van der Waals surface area contributed by atoms with Crippen molar-refractivity contribution >= 4 is 11.9 Å². The Morgan fingerprint density at radius 2 is 1.10 bits per heavy atom. The molecule has 0 fully saturated rings. The van der Waals surface area contributed by atoms with Gasteiger partial charge in [0.05, 0.1) is 22.6 Å². The van der Waals surface area contributed by atoms with Gasteiger partial charge in [0.1, 0.15) is 0 Å². The molecule has 0 aromatic heterocycles. The molecular weight excluding hydrogens is 264 g/mol. The first kappa shape index (κ1) is 15.3. The van der Waals surface area contributed by atoms with Crippen LogP contribution in [0.25, 0.3) is 0 Å². The SMILES string of the molecule is C=C(O)Cc1c(C(=O)O)ccc(C(=O)O)c1CC(=C)O. The van der Waals surface area contributed by atoms with Crippen LogP contribution in [-0.4, -0.2) is 32.4 Å². The molecule has 0 aliphatic rings. The summed E-state index contributed by atoms with van der Waals surface area (Å²) in [6.45, 7) is 6.55. The summed E-state index contributed by atoms with van der Waals surface area (Å²) in [7, 11) is 0. The predicted molar refractivity (Wildman–Crippen MR) is 71.3 cm³/mol. The highest BCUT2D eigenvalue weighted by molar-refractivity contribution is 5.95. The number of aliphatic hydroxyl groups is 2. The lowest BCUT2D eigenvalue weighted by atomic mass is 9.91. The van der Waals surface area contributed by atoms with Crippen LogP contribution in [0.2, 0.25) is 0 Å². The fourth-order valence-electron chi connectivity index (χ4n) is 1.91. The summed E-state index contributed by atoms with van der Waals surface area (Å²) >= 11 is 0. The Bertz CT molecular complexity index is 547. The molecule has 0 saturated heterocycles. The molecule has 0 radical (unpaired) electrons. The first-order valence-corrected chi connectivity index (χ1v) is 5.58. The van der Waals surface area contributed by atoms with Crippen molar-refractivity contribution < 1.29 is 30.0 Å². The van der Waals surface area contributed by atoms with E-state index >= 15 is 0 Å². The first-order valence-electron chi connectivity index (χ1n) is 5.58. The molecule has 4 N–H and O–H groups in total. The molecule has 0 aliphatic heterocycles. The normalized spacial score (nSPS) is 10.0. The summed E-state index contributed by atoms with van der Waals surface area (Å²) in [6.07, 6.45) is -0.434. The topological polar surface area (TPSA) is 115 Å². The highest BCUT2D eigenvalue weighted by Gasteiger charge is 2.21. The van der Waals surface area contributed by atoms with Crippen LogP contribution in [0.4, 0.5) is 0 Å². The predicted octanol–water partition coefficient (Wildman–Crippen LogP) is 2.31. The van der Waals surface area contributed by atoms with Crippen LogP contribution in [0.15, 0.2) is 36.8 Å². The summed E-state index contributed by atoms with van der Waals surface area (Å²) < 4.78 is 0. The van der Waals surface area contributed by atoms with E-state index in [0.29, 0.717) is 0 Å². The maximum Gasteiger partial charge on any atom is 0.335 e. The summed E-state index contributed by atoms with van der Waals surface area (Å²) in [5.41, 5.74) is -0.108. The zero-order valence-electron chi connectivity index (χ0n) is 10.6. The van der Waals surface area contributed by atoms with Crippen molar-refractivity contribution in [2.75, 3.05) is 0 Å². The number of aromatic carboxylic acids is 2. The smallest absolute Gasteiger partial charge is 0.335 e. The molecule has 1 aromatic rings. The van der Waals surface area contributed by atoms with Crippen molar-refractivity contribution in [3.05, 3.63) is 59.1 Å². The van der Waals surface area contributed by atoms with Crippen molar-refractivity contribution in [2.24, 2.45) is 0 Å². The third kappa shape index (κ3) is 3.38. The Labute approximate surface area is 114 Å². The minimum atomic E-state index is -1.26. The quantitative estimate of drug-likeness (QED) is 0.593. The second kappa shape index (κ2) is 5.92. The number of benzene rings is 1. The van der Waals surface area contributed by atoms with Crippen molar-refractivity contribution in [1.82, 2.24) is 0 Å². The number of aliphatic hydroxyl groups excluding tert-OH is 2. The summed E-state index contributed by atoms with van der Waals surface area (Å²) in [4.78, 5) is 22.4. The number of carbonyl (C=O) groups is 2. The van der Waals surface area contributed by atoms with Crippen molar-refractivity contribution in [1.29, 1.82) is 0 Å². The minimum Gasteiger partial charge on any atom is -0.513 e. The Balaban J connectivity index is 3.62. The average Bonchev–Trinajstić information content (AvgIpc) is 2.28. The zero-order valence-corrected chi connectivity index (χ0v) is 10.6. The van der Waals surface area contributed by atoms with Gasteiger partial charge in [0, 0.05) is 12.8 Å². The van der Waals surface area contributed by atoms with Gasteiger partial charge in [0.2, 0.25) is 0 Å². The van der Waals surface area contributed by atoms with E-state index in [1.807, 2.05) is 0 Å². The second-order valence-corrected chi connectivity index (χ2v) is 4.21. The van der Waals surface area contributed by atoms with Crippen LogP contribution in [0, 0.1) is 0 Å². The van der Waals surface area contributed by atoms with E-state index in [1.54, 1.807) is 0 Å². The molecule has 6 heteroatoms. The fraction of sp³-hybridized carbons (Fsp3) is 0.143. The highest BCUT2D eigenvalue weighted by Crippen LogP contribution is 2.24. The third-order valence-corrected chi connectivity index (χ3v) is 2.65. The molecule has 0 aliphatic carbocycles. The maximum absolute atomic E-state index is 11.2. The van der Waals surface area contributed by atoms with E-state index in [9.17, 15) is 19.8 Å². The largest absolute Gasteiger partial charge is 0.513 e. The van der Waals surface area contributed by atoms with Gasteiger partial charge in [-0.15, -0.1) is 0 Å². The first-order chi connectivity index (χ1) is 9.23. The van der Waals surface area contributed by atoms with Gasteiger partial charge >= 0.3 is 11.9 Å². The fourth-order valence-corrected chi connectivity index (χ4v) is 1.91. The number of hydrogen-bond acceptors (Lipinski definition) is 4. The summed E-state index contributed by atoms with van der Waals surface area (Å²) in [5, 5.41) is 36.8. The van der Waals surface area contributed by atoms with Crippen molar-refractivity contribution in [3.8, 4) is 0 Å². The number of rotatable bonds is 6. The van der Waals surface area contributed by atoms with Crippen LogP contribution < -0.4 is 0 Å². The monoisotopic (exact) mass is 278 g/mol. The standard InChI is InChI=1S/C14H14O6/c1-7(15)5-11-9(13(17)18)3-4-10(14(19)20)12(11)6-8(2)16/h3-4,15-16H,1-2,5-6H2,(H,17,18)(H,19,20). The molecule has 0 atom stereocenters. The Morgan fingerprint density at radius 1 is 0.800 bits per heavy atom. The van der Waals surface area contributed by atoms with Crippen LogP contribution in [0.1, 0.15) is 31.8 Å². The van der Waals surface area contributed by atoms with E-state index in [0.717, 1.165) is 12.1 Å². The van der Waals surface area contributed by atoms with Gasteiger partial charge < -0.3 is 20.4 Å². The van der Waals surface area contributed by atoms with Gasteiger partial charge in [0.25, 0.3) is 0 Å². The molecule has 0 spiro atoms. The van der Waals surface area contributed by atoms with E-state index in [2.05, 4.69) is 13.2 Å². The molecule has 1 aromatic carbocycles.